The van der Waals surface area contributed by atoms with Gasteiger partial charge in [0.1, 0.15) is 0 Å². The monoisotopic (exact) mass is 308 g/mol. The van der Waals surface area contributed by atoms with Crippen molar-refractivity contribution < 1.29 is 4.79 Å². The van der Waals surface area contributed by atoms with E-state index in [1.165, 1.54) is 0 Å². The molecule has 0 heterocycles. The van der Waals surface area contributed by atoms with Crippen molar-refractivity contribution in [2.45, 2.75) is 19.9 Å². The molecule has 0 unspecified atom stereocenters. The summed E-state index contributed by atoms with van der Waals surface area (Å²) in [5.41, 5.74) is 0.703. The van der Waals surface area contributed by atoms with Gasteiger partial charge in [0.2, 0.25) is 5.91 Å². The number of carbonyl (C=O) groups is 1. The van der Waals surface area contributed by atoms with E-state index in [0.717, 1.165) is 6.42 Å². The Labute approximate surface area is 122 Å². The highest BCUT2D eigenvalue weighted by Gasteiger charge is 2.09. The number of nitrogens with one attached hydrogen (secondary N) is 2. The molecule has 1 rings (SSSR count). The number of carbonyl (C=O) groups excluding carboxylic acids is 1. The fourth-order valence-corrected chi connectivity index (χ4v) is 2.04. The Morgan fingerprint density at radius 2 is 1.89 bits per heavy atom. The first kappa shape index (κ1) is 15.6. The van der Waals surface area contributed by atoms with Crippen LogP contribution in [0.2, 0.25) is 15.1 Å². The Morgan fingerprint density at radius 1 is 1.22 bits per heavy atom. The molecule has 18 heavy (non-hydrogen) atoms. The average molecular weight is 310 g/mol. The summed E-state index contributed by atoms with van der Waals surface area (Å²) >= 11 is 18.0. The van der Waals surface area contributed by atoms with Crippen LogP contribution in [0.25, 0.3) is 0 Å². The van der Waals surface area contributed by atoms with Gasteiger partial charge in [-0.2, -0.15) is 0 Å². The number of halogens is 3. The number of hydrogen-bond acceptors (Lipinski definition) is 2. The van der Waals surface area contributed by atoms with Crippen molar-refractivity contribution in [3.8, 4) is 0 Å². The molecule has 3 nitrogen and oxygen atoms in total. The van der Waals surface area contributed by atoms with Gasteiger partial charge in [0.25, 0.3) is 0 Å². The largest absolute Gasteiger partial charge is 0.355 e. The first-order chi connectivity index (χ1) is 8.56. The van der Waals surface area contributed by atoms with Crippen LogP contribution in [0.3, 0.4) is 0 Å². The standard InChI is InChI=1S/C12H15Cl3N2O/c1-2-5-17-11(18)7-16-6-8-9(13)3-4-10(14)12(8)15/h3-4,16H,2,5-7H2,1H3,(H,17,18). The number of hydrogen-bond donors (Lipinski definition) is 2. The lowest BCUT2D eigenvalue weighted by molar-refractivity contribution is -0.120. The summed E-state index contributed by atoms with van der Waals surface area (Å²) in [7, 11) is 0. The minimum Gasteiger partial charge on any atom is -0.355 e. The highest BCUT2D eigenvalue weighted by molar-refractivity contribution is 6.44. The summed E-state index contributed by atoms with van der Waals surface area (Å²) in [4.78, 5) is 11.4. The van der Waals surface area contributed by atoms with Gasteiger partial charge in [-0.1, -0.05) is 41.7 Å². The first-order valence-corrected chi connectivity index (χ1v) is 6.79. The molecule has 0 saturated carbocycles. The van der Waals surface area contributed by atoms with E-state index < -0.39 is 0 Å². The van der Waals surface area contributed by atoms with Crippen LogP contribution in [0.15, 0.2) is 12.1 Å². The van der Waals surface area contributed by atoms with Gasteiger partial charge in [0, 0.05) is 23.7 Å². The molecule has 0 aliphatic heterocycles. The Balaban J connectivity index is 2.49. The summed E-state index contributed by atoms with van der Waals surface area (Å²) in [5.74, 6) is -0.0499. The zero-order chi connectivity index (χ0) is 13.5. The Morgan fingerprint density at radius 3 is 2.56 bits per heavy atom. The lowest BCUT2D eigenvalue weighted by Crippen LogP contribution is -2.34. The van der Waals surface area contributed by atoms with Crippen LogP contribution < -0.4 is 10.6 Å². The average Bonchev–Trinajstić information content (AvgIpc) is 2.35. The first-order valence-electron chi connectivity index (χ1n) is 5.66. The molecular weight excluding hydrogens is 295 g/mol. The fourth-order valence-electron chi connectivity index (χ4n) is 1.36. The lowest BCUT2D eigenvalue weighted by Gasteiger charge is -2.10. The maximum absolute atomic E-state index is 11.4. The van der Waals surface area contributed by atoms with Crippen LogP contribution in [-0.2, 0) is 11.3 Å². The van der Waals surface area contributed by atoms with Crippen LogP contribution >= 0.6 is 34.8 Å². The SMILES string of the molecule is CCCNC(=O)CNCc1c(Cl)ccc(Cl)c1Cl. The molecule has 0 aliphatic rings. The molecule has 100 valence electrons. The quantitative estimate of drug-likeness (QED) is 0.792. The molecule has 1 aromatic rings. The van der Waals surface area contributed by atoms with E-state index in [4.69, 9.17) is 34.8 Å². The van der Waals surface area contributed by atoms with Gasteiger partial charge in [-0.3, -0.25) is 4.79 Å². The molecule has 0 atom stereocenters. The summed E-state index contributed by atoms with van der Waals surface area (Å²) in [6.45, 7) is 3.30. The van der Waals surface area contributed by atoms with Crippen molar-refractivity contribution in [3.63, 3.8) is 0 Å². The molecule has 0 bridgehead atoms. The second-order valence-electron chi connectivity index (χ2n) is 3.78. The molecule has 1 aromatic carbocycles. The van der Waals surface area contributed by atoms with Gasteiger partial charge in [-0.25, -0.2) is 0 Å². The predicted molar refractivity (Wildman–Crippen MR) is 76.5 cm³/mol. The summed E-state index contributed by atoms with van der Waals surface area (Å²) in [6.07, 6.45) is 0.914. The molecule has 0 aromatic heterocycles. The topological polar surface area (TPSA) is 41.1 Å². The molecule has 0 radical (unpaired) electrons. The van der Waals surface area contributed by atoms with Gasteiger partial charge >= 0.3 is 0 Å². The number of amides is 1. The molecule has 0 fully saturated rings. The minimum absolute atomic E-state index is 0.0499. The second kappa shape index (κ2) is 7.85. The molecule has 0 aliphatic carbocycles. The van der Waals surface area contributed by atoms with Crippen molar-refractivity contribution in [1.29, 1.82) is 0 Å². The number of rotatable bonds is 6. The van der Waals surface area contributed by atoms with E-state index in [9.17, 15) is 4.79 Å². The van der Waals surface area contributed by atoms with E-state index >= 15 is 0 Å². The van der Waals surface area contributed by atoms with E-state index in [1.807, 2.05) is 6.92 Å². The lowest BCUT2D eigenvalue weighted by atomic mass is 10.2. The van der Waals surface area contributed by atoms with E-state index in [0.29, 0.717) is 33.7 Å². The highest BCUT2D eigenvalue weighted by Crippen LogP contribution is 2.31. The highest BCUT2D eigenvalue weighted by atomic mass is 35.5. The molecule has 1 amide bonds. The molecule has 2 N–H and O–H groups in total. The van der Waals surface area contributed by atoms with Gasteiger partial charge in [-0.15, -0.1) is 0 Å². The van der Waals surface area contributed by atoms with E-state index in [1.54, 1.807) is 12.1 Å². The third-order valence-electron chi connectivity index (χ3n) is 2.30. The third kappa shape index (κ3) is 4.65. The van der Waals surface area contributed by atoms with Crippen LogP contribution in [0.4, 0.5) is 0 Å². The van der Waals surface area contributed by atoms with Crippen LogP contribution in [0, 0.1) is 0 Å². The molecule has 6 heteroatoms. The van der Waals surface area contributed by atoms with Crippen molar-refractivity contribution in [2.24, 2.45) is 0 Å². The van der Waals surface area contributed by atoms with E-state index in [2.05, 4.69) is 10.6 Å². The molecular formula is C12H15Cl3N2O. The maximum Gasteiger partial charge on any atom is 0.233 e. The van der Waals surface area contributed by atoms with Gasteiger partial charge in [-0.05, 0) is 18.6 Å². The van der Waals surface area contributed by atoms with Crippen molar-refractivity contribution in [1.82, 2.24) is 10.6 Å². The van der Waals surface area contributed by atoms with Crippen molar-refractivity contribution in [3.05, 3.63) is 32.8 Å². The van der Waals surface area contributed by atoms with Crippen molar-refractivity contribution >= 4 is 40.7 Å². The summed E-state index contributed by atoms with van der Waals surface area (Å²) in [5, 5.41) is 7.15. The Kier molecular flexibility index (Phi) is 6.79. The van der Waals surface area contributed by atoms with Gasteiger partial charge in [0.05, 0.1) is 16.6 Å². The Bertz CT molecular complexity index is 424. The van der Waals surface area contributed by atoms with Gasteiger partial charge in [0.15, 0.2) is 0 Å². The van der Waals surface area contributed by atoms with Crippen LogP contribution in [0.1, 0.15) is 18.9 Å². The molecule has 0 saturated heterocycles. The predicted octanol–water partition coefficient (Wildman–Crippen LogP) is 3.26. The second-order valence-corrected chi connectivity index (χ2v) is 4.97. The minimum atomic E-state index is -0.0499. The van der Waals surface area contributed by atoms with Crippen molar-refractivity contribution in [2.75, 3.05) is 13.1 Å². The molecule has 0 spiro atoms. The maximum atomic E-state index is 11.4. The smallest absolute Gasteiger partial charge is 0.233 e. The zero-order valence-electron chi connectivity index (χ0n) is 10.0. The Hall–Kier alpha value is -0.480. The fraction of sp³-hybridized carbons (Fsp3) is 0.417. The third-order valence-corrected chi connectivity index (χ3v) is 3.50. The van der Waals surface area contributed by atoms with Crippen LogP contribution in [-0.4, -0.2) is 19.0 Å². The van der Waals surface area contributed by atoms with Gasteiger partial charge < -0.3 is 10.6 Å². The normalized spacial score (nSPS) is 10.4. The summed E-state index contributed by atoms with van der Waals surface area (Å²) < 4.78 is 0. The van der Waals surface area contributed by atoms with Crippen LogP contribution in [0.5, 0.6) is 0 Å². The number of benzene rings is 1. The van der Waals surface area contributed by atoms with E-state index in [-0.39, 0.29) is 12.5 Å². The summed E-state index contributed by atoms with van der Waals surface area (Å²) in [6, 6.07) is 3.33. The zero-order valence-corrected chi connectivity index (χ0v) is 12.3.